The van der Waals surface area contributed by atoms with Crippen LogP contribution in [0.2, 0.25) is 0 Å². The van der Waals surface area contributed by atoms with Gasteiger partial charge in [0, 0.05) is 11.8 Å². The van der Waals surface area contributed by atoms with Gasteiger partial charge in [0.15, 0.2) is 0 Å². The first-order chi connectivity index (χ1) is 9.82. The predicted molar refractivity (Wildman–Crippen MR) is 66.0 cm³/mol. The molecule has 0 atom stereocenters. The molecule has 0 saturated carbocycles. The lowest BCUT2D eigenvalue weighted by atomic mass is 10.1. The monoisotopic (exact) mass is 299 g/mol. The normalized spacial score (nSPS) is 11.3. The number of carbonyl (C=O) groups excluding carboxylic acids is 1. The molecule has 0 unspecified atom stereocenters. The summed E-state index contributed by atoms with van der Waals surface area (Å²) < 4.78 is 55.6. The van der Waals surface area contributed by atoms with Crippen molar-refractivity contribution in [2.24, 2.45) is 0 Å². The van der Waals surface area contributed by atoms with Crippen LogP contribution in [-0.2, 0) is 10.9 Å². The number of hydrogen-bond acceptors (Lipinski definition) is 3. The molecule has 0 aliphatic rings. The van der Waals surface area contributed by atoms with Crippen molar-refractivity contribution in [2.75, 3.05) is 7.11 Å². The third-order valence-electron chi connectivity index (χ3n) is 2.75. The van der Waals surface area contributed by atoms with Gasteiger partial charge in [-0.25, -0.2) is 9.18 Å². The lowest BCUT2D eigenvalue weighted by Gasteiger charge is -2.08. The molecule has 1 heterocycles. The van der Waals surface area contributed by atoms with Gasteiger partial charge in [-0.15, -0.1) is 0 Å². The zero-order chi connectivity index (χ0) is 15.6. The van der Waals surface area contributed by atoms with Crippen LogP contribution in [-0.4, -0.2) is 18.1 Å². The quantitative estimate of drug-likeness (QED) is 0.627. The number of rotatable bonds is 2. The van der Waals surface area contributed by atoms with Crippen LogP contribution in [0.1, 0.15) is 15.9 Å². The molecule has 21 heavy (non-hydrogen) atoms. The first kappa shape index (κ1) is 15.0. The van der Waals surface area contributed by atoms with Gasteiger partial charge >= 0.3 is 12.1 Å². The first-order valence-corrected chi connectivity index (χ1v) is 5.74. The Hall–Kier alpha value is -2.44. The molecule has 0 N–H and O–H groups in total. The number of alkyl halides is 3. The SMILES string of the molecule is COC(=O)c1cnc(-c2ccc(C(F)(F)F)cc2)c(F)c1. The van der Waals surface area contributed by atoms with Crippen molar-refractivity contribution in [3.8, 4) is 11.3 Å². The maximum absolute atomic E-state index is 13.9. The zero-order valence-corrected chi connectivity index (χ0v) is 10.7. The van der Waals surface area contributed by atoms with E-state index < -0.39 is 23.5 Å². The second-order valence-electron chi connectivity index (χ2n) is 4.12. The fourth-order valence-electron chi connectivity index (χ4n) is 1.70. The number of hydrogen-bond donors (Lipinski definition) is 0. The van der Waals surface area contributed by atoms with Crippen LogP contribution in [0.25, 0.3) is 11.3 Å². The molecular formula is C14H9F4NO2. The van der Waals surface area contributed by atoms with Crippen LogP contribution in [0.4, 0.5) is 17.6 Å². The van der Waals surface area contributed by atoms with E-state index in [1.54, 1.807) is 0 Å². The number of esters is 1. The van der Waals surface area contributed by atoms with Crippen LogP contribution >= 0.6 is 0 Å². The van der Waals surface area contributed by atoms with Crippen molar-refractivity contribution in [1.29, 1.82) is 0 Å². The predicted octanol–water partition coefficient (Wildman–Crippen LogP) is 3.69. The Kier molecular flexibility index (Phi) is 3.93. The smallest absolute Gasteiger partial charge is 0.416 e. The third kappa shape index (κ3) is 3.18. The summed E-state index contributed by atoms with van der Waals surface area (Å²) in [6.45, 7) is 0. The molecule has 0 aliphatic carbocycles. The van der Waals surface area contributed by atoms with Crippen molar-refractivity contribution < 1.29 is 27.1 Å². The highest BCUT2D eigenvalue weighted by atomic mass is 19.4. The van der Waals surface area contributed by atoms with E-state index >= 15 is 0 Å². The molecule has 110 valence electrons. The van der Waals surface area contributed by atoms with Crippen LogP contribution in [0.5, 0.6) is 0 Å². The van der Waals surface area contributed by atoms with Gasteiger partial charge in [-0.3, -0.25) is 4.98 Å². The summed E-state index contributed by atoms with van der Waals surface area (Å²) in [6.07, 6.45) is -3.36. The van der Waals surface area contributed by atoms with E-state index in [1.807, 2.05) is 0 Å². The fraction of sp³-hybridized carbons (Fsp3) is 0.143. The largest absolute Gasteiger partial charge is 0.465 e. The van der Waals surface area contributed by atoms with Crippen molar-refractivity contribution >= 4 is 5.97 Å². The van der Waals surface area contributed by atoms with E-state index in [2.05, 4.69) is 9.72 Å². The number of pyridine rings is 1. The van der Waals surface area contributed by atoms with E-state index in [0.29, 0.717) is 0 Å². The van der Waals surface area contributed by atoms with Crippen LogP contribution in [0.3, 0.4) is 0 Å². The molecule has 0 radical (unpaired) electrons. The number of ether oxygens (including phenoxy) is 1. The lowest BCUT2D eigenvalue weighted by Crippen LogP contribution is -2.05. The molecule has 0 fully saturated rings. The molecule has 7 heteroatoms. The molecular weight excluding hydrogens is 290 g/mol. The van der Waals surface area contributed by atoms with Gasteiger partial charge in [0.05, 0.1) is 18.2 Å². The molecule has 1 aromatic heterocycles. The standard InChI is InChI=1S/C14H9F4NO2/c1-21-13(20)9-6-11(15)12(19-7-9)8-2-4-10(5-3-8)14(16,17)18/h2-7H,1H3. The summed E-state index contributed by atoms with van der Waals surface area (Å²) >= 11 is 0. The molecule has 2 aromatic rings. The molecule has 0 saturated heterocycles. The number of carbonyl (C=O) groups is 1. The summed E-state index contributed by atoms with van der Waals surface area (Å²) in [5.41, 5.74) is -0.878. The molecule has 0 bridgehead atoms. The Labute approximate surface area is 117 Å². The highest BCUT2D eigenvalue weighted by Crippen LogP contribution is 2.31. The topological polar surface area (TPSA) is 39.2 Å². The van der Waals surface area contributed by atoms with Gasteiger partial charge < -0.3 is 4.74 Å². The average molecular weight is 299 g/mol. The van der Waals surface area contributed by atoms with E-state index in [-0.39, 0.29) is 16.8 Å². The summed E-state index contributed by atoms with van der Waals surface area (Å²) in [5.74, 6) is -1.57. The summed E-state index contributed by atoms with van der Waals surface area (Å²) in [4.78, 5) is 15.0. The summed E-state index contributed by atoms with van der Waals surface area (Å²) in [6, 6.07) is 4.83. The van der Waals surface area contributed by atoms with E-state index in [4.69, 9.17) is 0 Å². The van der Waals surface area contributed by atoms with Crippen molar-refractivity contribution in [3.05, 3.63) is 53.5 Å². The molecule has 0 spiro atoms. The average Bonchev–Trinajstić information content (AvgIpc) is 2.45. The van der Waals surface area contributed by atoms with Crippen molar-refractivity contribution in [1.82, 2.24) is 4.98 Å². The van der Waals surface area contributed by atoms with E-state index in [0.717, 1.165) is 43.6 Å². The Morgan fingerprint density at radius 3 is 2.29 bits per heavy atom. The van der Waals surface area contributed by atoms with Crippen molar-refractivity contribution in [3.63, 3.8) is 0 Å². The Balaban J connectivity index is 2.36. The van der Waals surface area contributed by atoms with Crippen LogP contribution in [0, 0.1) is 5.82 Å². The number of aromatic nitrogens is 1. The maximum atomic E-state index is 13.9. The maximum Gasteiger partial charge on any atom is 0.416 e. The first-order valence-electron chi connectivity index (χ1n) is 5.74. The lowest BCUT2D eigenvalue weighted by molar-refractivity contribution is -0.137. The number of benzene rings is 1. The number of halogens is 4. The fourth-order valence-corrected chi connectivity index (χ4v) is 1.70. The van der Waals surface area contributed by atoms with Crippen LogP contribution in [0.15, 0.2) is 36.5 Å². The Morgan fingerprint density at radius 1 is 1.19 bits per heavy atom. The van der Waals surface area contributed by atoms with Gasteiger partial charge in [0.25, 0.3) is 0 Å². The second kappa shape index (κ2) is 5.51. The van der Waals surface area contributed by atoms with E-state index in [1.165, 1.54) is 0 Å². The molecule has 0 aliphatic heterocycles. The second-order valence-corrected chi connectivity index (χ2v) is 4.12. The highest BCUT2D eigenvalue weighted by Gasteiger charge is 2.30. The van der Waals surface area contributed by atoms with Gasteiger partial charge in [-0.1, -0.05) is 12.1 Å². The van der Waals surface area contributed by atoms with E-state index in [9.17, 15) is 22.4 Å². The molecule has 1 aromatic carbocycles. The number of methoxy groups -OCH3 is 1. The van der Waals surface area contributed by atoms with Gasteiger partial charge in [0.1, 0.15) is 11.5 Å². The minimum absolute atomic E-state index is 0.0781. The van der Waals surface area contributed by atoms with Gasteiger partial charge in [0.2, 0.25) is 0 Å². The Bertz CT molecular complexity index is 666. The third-order valence-corrected chi connectivity index (χ3v) is 2.75. The zero-order valence-electron chi connectivity index (χ0n) is 10.7. The van der Waals surface area contributed by atoms with Crippen LogP contribution < -0.4 is 0 Å². The molecule has 0 amide bonds. The molecule has 2 rings (SSSR count). The molecule has 3 nitrogen and oxygen atoms in total. The summed E-state index contributed by atoms with van der Waals surface area (Å²) in [7, 11) is 1.14. The highest BCUT2D eigenvalue weighted by molar-refractivity contribution is 5.89. The minimum Gasteiger partial charge on any atom is -0.465 e. The van der Waals surface area contributed by atoms with Gasteiger partial charge in [-0.2, -0.15) is 13.2 Å². The summed E-state index contributed by atoms with van der Waals surface area (Å²) in [5, 5.41) is 0. The number of nitrogens with zero attached hydrogens (tertiary/aromatic N) is 1. The van der Waals surface area contributed by atoms with Gasteiger partial charge in [-0.05, 0) is 18.2 Å². The minimum atomic E-state index is -4.46. The Morgan fingerprint density at radius 2 is 1.81 bits per heavy atom. The van der Waals surface area contributed by atoms with Crippen molar-refractivity contribution in [2.45, 2.75) is 6.18 Å².